The molecule has 0 aliphatic heterocycles. The number of nitrogens with zero attached hydrogens (tertiary/aromatic N) is 4. The molecule has 0 amide bonds. The highest BCUT2D eigenvalue weighted by Crippen LogP contribution is 2.40. The predicted octanol–water partition coefficient (Wildman–Crippen LogP) is 16.5. The SMILES string of the molecule is c1ccc(-c2ccc(-c3nc(-c4cccc(-c5ccc6ccccc6c5)c4)nc(-c4cccc(-c5ccc6sc7ccccc7c6c5)c4)n3)cc2-n2c3ccccc3c3ccccc32)cc1. The Labute approximate surface area is 385 Å². The molecular weight excluding hydrogens is 821 g/mol. The van der Waals surface area contributed by atoms with Crippen molar-refractivity contribution >= 4 is 64.1 Å². The van der Waals surface area contributed by atoms with Crippen LogP contribution in [0.1, 0.15) is 0 Å². The average Bonchev–Trinajstić information content (AvgIpc) is 3.94. The Morgan fingerprint density at radius 2 is 0.773 bits per heavy atom. The van der Waals surface area contributed by atoms with Crippen molar-refractivity contribution in [2.24, 2.45) is 0 Å². The van der Waals surface area contributed by atoms with Gasteiger partial charge in [-0.1, -0.05) is 176 Å². The lowest BCUT2D eigenvalue weighted by molar-refractivity contribution is 1.07. The Hall–Kier alpha value is -8.51. The molecule has 3 aromatic heterocycles. The molecule has 0 aliphatic rings. The Morgan fingerprint density at radius 1 is 0.288 bits per heavy atom. The van der Waals surface area contributed by atoms with E-state index in [1.807, 2.05) is 11.3 Å². The van der Waals surface area contributed by atoms with E-state index in [1.54, 1.807) is 0 Å². The van der Waals surface area contributed by atoms with Gasteiger partial charge in [-0.05, 0) is 93.2 Å². The Balaban J connectivity index is 1.01. The summed E-state index contributed by atoms with van der Waals surface area (Å²) < 4.78 is 4.97. The van der Waals surface area contributed by atoms with Gasteiger partial charge < -0.3 is 4.57 Å². The fraction of sp³-hybridized carbons (Fsp3) is 0. The minimum atomic E-state index is 0.601. The van der Waals surface area contributed by atoms with Gasteiger partial charge in [0.15, 0.2) is 17.5 Å². The van der Waals surface area contributed by atoms with Gasteiger partial charge in [-0.3, -0.25) is 0 Å². The molecule has 5 heteroatoms. The van der Waals surface area contributed by atoms with E-state index in [4.69, 9.17) is 15.0 Å². The monoisotopic (exact) mass is 858 g/mol. The van der Waals surface area contributed by atoms with E-state index in [9.17, 15) is 0 Å². The molecule has 0 aliphatic carbocycles. The van der Waals surface area contributed by atoms with E-state index >= 15 is 0 Å². The van der Waals surface area contributed by atoms with Gasteiger partial charge in [0.1, 0.15) is 0 Å². The zero-order valence-corrected chi connectivity index (χ0v) is 36.5. The smallest absolute Gasteiger partial charge is 0.164 e. The molecule has 0 N–H and O–H groups in total. The predicted molar refractivity (Wildman–Crippen MR) is 277 cm³/mol. The fourth-order valence-electron chi connectivity index (χ4n) is 9.61. The number of benzene rings is 10. The van der Waals surface area contributed by atoms with Gasteiger partial charge in [0.2, 0.25) is 0 Å². The number of thiophene rings is 1. The molecule has 13 rings (SSSR count). The number of fused-ring (bicyclic) bond motifs is 7. The van der Waals surface area contributed by atoms with E-state index in [0.717, 1.165) is 66.8 Å². The molecule has 0 saturated heterocycles. The van der Waals surface area contributed by atoms with Crippen molar-refractivity contribution in [2.45, 2.75) is 0 Å². The molecule has 0 bridgehead atoms. The molecular formula is C61H38N4S. The average molecular weight is 859 g/mol. The summed E-state index contributed by atoms with van der Waals surface area (Å²) in [5.74, 6) is 1.82. The van der Waals surface area contributed by atoms with E-state index in [2.05, 4.69) is 235 Å². The third-order valence-corrected chi connectivity index (χ3v) is 14.0. The zero-order valence-electron chi connectivity index (χ0n) is 35.6. The summed E-state index contributed by atoms with van der Waals surface area (Å²) in [4.78, 5) is 16.0. The fourth-order valence-corrected chi connectivity index (χ4v) is 10.7. The van der Waals surface area contributed by atoms with Crippen LogP contribution >= 0.6 is 11.3 Å². The van der Waals surface area contributed by atoms with Gasteiger partial charge in [0.05, 0.1) is 16.7 Å². The topological polar surface area (TPSA) is 43.6 Å². The van der Waals surface area contributed by atoms with Crippen LogP contribution in [0.25, 0.3) is 126 Å². The van der Waals surface area contributed by atoms with Crippen LogP contribution in [0, 0.1) is 0 Å². The van der Waals surface area contributed by atoms with Crippen LogP contribution in [0.15, 0.2) is 231 Å². The van der Waals surface area contributed by atoms with Crippen LogP contribution in [0.3, 0.4) is 0 Å². The first kappa shape index (κ1) is 38.0. The molecule has 0 saturated carbocycles. The molecule has 0 unspecified atom stereocenters. The summed E-state index contributed by atoms with van der Waals surface area (Å²) in [6.07, 6.45) is 0. The number of para-hydroxylation sites is 2. The van der Waals surface area contributed by atoms with Crippen molar-refractivity contribution in [1.29, 1.82) is 0 Å². The molecule has 0 radical (unpaired) electrons. The Kier molecular flexibility index (Phi) is 9.00. The van der Waals surface area contributed by atoms with Crippen LogP contribution in [-0.2, 0) is 0 Å². The summed E-state index contributed by atoms with van der Waals surface area (Å²) in [5.41, 5.74) is 12.8. The summed E-state index contributed by atoms with van der Waals surface area (Å²) in [5, 5.41) is 7.39. The molecule has 4 nitrogen and oxygen atoms in total. The highest BCUT2D eigenvalue weighted by molar-refractivity contribution is 7.25. The van der Waals surface area contributed by atoms with Crippen LogP contribution in [-0.4, -0.2) is 19.5 Å². The van der Waals surface area contributed by atoms with Crippen LogP contribution < -0.4 is 0 Å². The van der Waals surface area contributed by atoms with Crippen molar-refractivity contribution < 1.29 is 0 Å². The van der Waals surface area contributed by atoms with Crippen molar-refractivity contribution in [3.8, 4) is 73.2 Å². The van der Waals surface area contributed by atoms with Gasteiger partial charge in [0.25, 0.3) is 0 Å². The van der Waals surface area contributed by atoms with E-state index in [0.29, 0.717) is 17.5 Å². The Bertz CT molecular complexity index is 3960. The van der Waals surface area contributed by atoms with Crippen LogP contribution in [0.4, 0.5) is 0 Å². The summed E-state index contributed by atoms with van der Waals surface area (Å²) in [7, 11) is 0. The number of hydrogen-bond acceptors (Lipinski definition) is 4. The third kappa shape index (κ3) is 6.56. The molecule has 66 heavy (non-hydrogen) atoms. The number of aromatic nitrogens is 4. The standard InChI is InChI=1S/C61H38N4S/c1-2-15-40(16-3-1)49-32-30-48(38-56(49)65-54-25-9-6-22-50(54)51-23-7-10-26-55(51)65)61-63-59(46-20-12-18-42(35-46)44-29-28-39-14-4-5-17-41(39)34-44)62-60(64-61)47-21-13-19-43(36-47)45-31-33-58-53(37-45)52-24-8-11-27-57(52)66-58/h1-38H. The quantitative estimate of drug-likeness (QED) is 0.160. The van der Waals surface area contributed by atoms with Crippen molar-refractivity contribution in [3.63, 3.8) is 0 Å². The highest BCUT2D eigenvalue weighted by atomic mass is 32.1. The highest BCUT2D eigenvalue weighted by Gasteiger charge is 2.20. The van der Waals surface area contributed by atoms with Gasteiger partial charge in [-0.25, -0.2) is 15.0 Å². The second kappa shape index (κ2) is 15.6. The van der Waals surface area contributed by atoms with Crippen LogP contribution in [0.5, 0.6) is 0 Å². The normalized spacial score (nSPS) is 11.6. The molecule has 0 fully saturated rings. The van der Waals surface area contributed by atoms with E-state index < -0.39 is 0 Å². The summed E-state index contributed by atoms with van der Waals surface area (Å²) in [6, 6.07) is 82.3. The number of rotatable bonds is 7. The molecule has 0 atom stereocenters. The second-order valence-corrected chi connectivity index (χ2v) is 17.9. The lowest BCUT2D eigenvalue weighted by Crippen LogP contribution is -2.02. The summed E-state index contributed by atoms with van der Waals surface area (Å²) >= 11 is 1.84. The van der Waals surface area contributed by atoms with Crippen LogP contribution in [0.2, 0.25) is 0 Å². The Morgan fingerprint density at radius 3 is 1.47 bits per heavy atom. The first-order chi connectivity index (χ1) is 32.7. The molecule has 3 heterocycles. The largest absolute Gasteiger partial charge is 0.309 e. The maximum atomic E-state index is 5.35. The molecule has 308 valence electrons. The van der Waals surface area contributed by atoms with E-state index in [1.165, 1.54) is 41.7 Å². The van der Waals surface area contributed by atoms with Gasteiger partial charge in [0, 0.05) is 53.2 Å². The van der Waals surface area contributed by atoms with Crippen molar-refractivity contribution in [3.05, 3.63) is 231 Å². The van der Waals surface area contributed by atoms with Gasteiger partial charge in [-0.2, -0.15) is 0 Å². The maximum absolute atomic E-state index is 5.35. The third-order valence-electron chi connectivity index (χ3n) is 12.8. The molecule has 10 aromatic carbocycles. The number of hydrogen-bond donors (Lipinski definition) is 0. The molecule has 0 spiro atoms. The first-order valence-corrected chi connectivity index (χ1v) is 23.1. The maximum Gasteiger partial charge on any atom is 0.164 e. The second-order valence-electron chi connectivity index (χ2n) is 16.8. The first-order valence-electron chi connectivity index (χ1n) is 22.2. The minimum Gasteiger partial charge on any atom is -0.309 e. The molecule has 13 aromatic rings. The van der Waals surface area contributed by atoms with Gasteiger partial charge in [-0.15, -0.1) is 11.3 Å². The minimum absolute atomic E-state index is 0.601. The van der Waals surface area contributed by atoms with Gasteiger partial charge >= 0.3 is 0 Å². The van der Waals surface area contributed by atoms with Crippen molar-refractivity contribution in [1.82, 2.24) is 19.5 Å². The lowest BCUT2D eigenvalue weighted by atomic mass is 9.99. The van der Waals surface area contributed by atoms with Crippen molar-refractivity contribution in [2.75, 3.05) is 0 Å². The summed E-state index contributed by atoms with van der Waals surface area (Å²) in [6.45, 7) is 0. The zero-order chi connectivity index (χ0) is 43.6. The van der Waals surface area contributed by atoms with E-state index in [-0.39, 0.29) is 0 Å². The lowest BCUT2D eigenvalue weighted by Gasteiger charge is -2.16.